The van der Waals surface area contributed by atoms with E-state index < -0.39 is 0 Å². The maximum atomic E-state index is 5.83. The molecule has 0 heterocycles. The van der Waals surface area contributed by atoms with Crippen LogP contribution in [0.25, 0.3) is 0 Å². The van der Waals surface area contributed by atoms with Crippen molar-refractivity contribution in [2.24, 2.45) is 17.8 Å². The third-order valence-electron chi connectivity index (χ3n) is 2.87. The zero-order valence-corrected chi connectivity index (χ0v) is 12.6. The Morgan fingerprint density at radius 1 is 0.833 bits per heavy atom. The molecule has 2 heteroatoms. The maximum absolute atomic E-state index is 5.83. The summed E-state index contributed by atoms with van der Waals surface area (Å²) < 4.78 is 5.83. The Hall–Kier alpha value is 0.843. The molecule has 0 aromatic heterocycles. The van der Waals surface area contributed by atoms with Gasteiger partial charge in [0.15, 0.2) is 0 Å². The van der Waals surface area contributed by atoms with Gasteiger partial charge in [0.1, 0.15) is 0 Å². The second-order valence-electron chi connectivity index (χ2n) is 4.41. The van der Waals surface area contributed by atoms with Crippen molar-refractivity contribution in [3.05, 3.63) is 0 Å². The molecule has 1 nitrogen and oxygen atoms in total. The molecule has 0 aliphatic carbocycles. The first-order valence-electron chi connectivity index (χ1n) is 4.72. The molecular weight excluding hydrogens is 345 g/mol. The van der Waals surface area contributed by atoms with Gasteiger partial charge in [-0.15, -0.1) is 0 Å². The third kappa shape index (κ3) is 2.20. The van der Waals surface area contributed by atoms with E-state index in [2.05, 4.69) is 41.5 Å². The van der Waals surface area contributed by atoms with Gasteiger partial charge in [0, 0.05) is 0 Å². The normalized spacial score (nSPS) is 13.5. The molecule has 0 aliphatic rings. The summed E-state index contributed by atoms with van der Waals surface area (Å²) in [6.45, 7) is 13.5. The first kappa shape index (κ1) is 12.8. The standard InChI is InChI=1S/C10H21O.Bi/c1-7(2)10(11,8(3)4)9(5)6;/h7-9H,1-6H3;/q-1;+1. The van der Waals surface area contributed by atoms with E-state index in [1.807, 2.05) is 0 Å². The van der Waals surface area contributed by atoms with Crippen molar-refractivity contribution in [3.63, 3.8) is 0 Å². The summed E-state index contributed by atoms with van der Waals surface area (Å²) >= 11 is 1.04. The molecule has 0 atom stereocenters. The van der Waals surface area contributed by atoms with Crippen molar-refractivity contribution >= 4 is 25.2 Å². The molecule has 0 amide bonds. The Balaban J connectivity index is 4.77. The van der Waals surface area contributed by atoms with Crippen LogP contribution in [0.4, 0.5) is 0 Å². The Labute approximate surface area is 92.7 Å². The summed E-state index contributed by atoms with van der Waals surface area (Å²) in [6, 6.07) is 0. The molecule has 0 N–H and O–H groups in total. The van der Waals surface area contributed by atoms with Gasteiger partial charge in [-0.25, -0.2) is 0 Å². The summed E-state index contributed by atoms with van der Waals surface area (Å²) in [4.78, 5) is 0. The summed E-state index contributed by atoms with van der Waals surface area (Å²) in [5.41, 5.74) is 0.0910. The van der Waals surface area contributed by atoms with Crippen LogP contribution in [0.5, 0.6) is 0 Å². The molecule has 0 saturated heterocycles. The van der Waals surface area contributed by atoms with Gasteiger partial charge in [0.2, 0.25) is 0 Å². The summed E-state index contributed by atoms with van der Waals surface area (Å²) in [6.07, 6.45) is 0. The van der Waals surface area contributed by atoms with Gasteiger partial charge in [0.05, 0.1) is 0 Å². The molecule has 0 spiro atoms. The average molecular weight is 366 g/mol. The predicted octanol–water partition coefficient (Wildman–Crippen LogP) is 2.79. The van der Waals surface area contributed by atoms with Gasteiger partial charge in [-0.2, -0.15) is 0 Å². The number of rotatable bonds is 4. The van der Waals surface area contributed by atoms with Crippen LogP contribution in [0.3, 0.4) is 0 Å². The molecule has 0 saturated carbocycles. The van der Waals surface area contributed by atoms with Crippen LogP contribution < -0.4 is 0 Å². The van der Waals surface area contributed by atoms with Crippen molar-refractivity contribution in [3.8, 4) is 0 Å². The summed E-state index contributed by atoms with van der Waals surface area (Å²) in [7, 11) is 0. The molecule has 0 bridgehead atoms. The fourth-order valence-electron chi connectivity index (χ4n) is 2.32. The van der Waals surface area contributed by atoms with Crippen LogP contribution in [0.2, 0.25) is 0 Å². The molecule has 0 aliphatic heterocycles. The second-order valence-corrected chi connectivity index (χ2v) is 5.12. The fourth-order valence-corrected chi connectivity index (χ4v) is 4.77. The molecule has 0 aromatic carbocycles. The minimum atomic E-state index is 0.0910. The van der Waals surface area contributed by atoms with E-state index in [1.165, 1.54) is 0 Å². The van der Waals surface area contributed by atoms with Crippen LogP contribution in [-0.4, -0.2) is 30.8 Å². The zero-order valence-electron chi connectivity index (χ0n) is 9.09. The molecule has 0 fully saturated rings. The first-order valence-corrected chi connectivity index (χ1v) is 6.14. The monoisotopic (exact) mass is 366 g/mol. The van der Waals surface area contributed by atoms with E-state index >= 15 is 0 Å². The Bertz CT molecular complexity index is 108. The van der Waals surface area contributed by atoms with Crippen LogP contribution in [-0.2, 0) is 2.81 Å². The summed E-state index contributed by atoms with van der Waals surface area (Å²) in [5, 5.41) is 0. The van der Waals surface area contributed by atoms with Crippen molar-refractivity contribution < 1.29 is 2.81 Å². The van der Waals surface area contributed by atoms with Crippen molar-refractivity contribution in [2.75, 3.05) is 0 Å². The van der Waals surface area contributed by atoms with Gasteiger partial charge in [0.25, 0.3) is 0 Å². The molecule has 2 radical (unpaired) electrons. The SMILES string of the molecule is CC(C)C([O][Bi])(C(C)C)C(C)C. The van der Waals surface area contributed by atoms with E-state index in [0.717, 1.165) is 25.2 Å². The van der Waals surface area contributed by atoms with Crippen molar-refractivity contribution in [2.45, 2.75) is 47.1 Å². The van der Waals surface area contributed by atoms with Gasteiger partial charge >= 0.3 is 92.9 Å². The second kappa shape index (κ2) is 4.91. The summed E-state index contributed by atoms with van der Waals surface area (Å²) in [5.74, 6) is 1.80. The molecule has 0 unspecified atom stereocenters. The van der Waals surface area contributed by atoms with Gasteiger partial charge < -0.3 is 0 Å². The number of hydrogen-bond acceptors (Lipinski definition) is 1. The van der Waals surface area contributed by atoms with Gasteiger partial charge in [-0.05, 0) is 0 Å². The minimum absolute atomic E-state index is 0.0910. The van der Waals surface area contributed by atoms with E-state index in [-0.39, 0.29) is 5.60 Å². The van der Waals surface area contributed by atoms with Crippen molar-refractivity contribution in [1.29, 1.82) is 0 Å². The fraction of sp³-hybridized carbons (Fsp3) is 1.00. The van der Waals surface area contributed by atoms with E-state index in [9.17, 15) is 0 Å². The topological polar surface area (TPSA) is 9.23 Å². The van der Waals surface area contributed by atoms with Crippen LogP contribution in [0.15, 0.2) is 0 Å². The Morgan fingerprint density at radius 3 is 1.08 bits per heavy atom. The van der Waals surface area contributed by atoms with Crippen LogP contribution in [0.1, 0.15) is 41.5 Å². The van der Waals surface area contributed by atoms with E-state index in [4.69, 9.17) is 2.81 Å². The van der Waals surface area contributed by atoms with Crippen molar-refractivity contribution in [1.82, 2.24) is 0 Å². The zero-order chi connectivity index (χ0) is 9.94. The van der Waals surface area contributed by atoms with Gasteiger partial charge in [-0.1, -0.05) is 0 Å². The molecule has 12 heavy (non-hydrogen) atoms. The molecule has 0 aromatic rings. The predicted molar refractivity (Wildman–Crippen MR) is 54.1 cm³/mol. The van der Waals surface area contributed by atoms with E-state index in [0.29, 0.717) is 17.8 Å². The first-order chi connectivity index (χ1) is 5.39. The Morgan fingerprint density at radius 2 is 1.08 bits per heavy atom. The quantitative estimate of drug-likeness (QED) is 0.696. The Kier molecular flexibility index (Phi) is 5.25. The number of hydrogen-bond donors (Lipinski definition) is 0. The third-order valence-corrected chi connectivity index (χ3v) is 4.09. The van der Waals surface area contributed by atoms with Gasteiger partial charge in [-0.3, -0.25) is 0 Å². The van der Waals surface area contributed by atoms with Crippen LogP contribution >= 0.6 is 0 Å². The van der Waals surface area contributed by atoms with Crippen LogP contribution in [0, 0.1) is 17.8 Å². The molecule has 0 rings (SSSR count). The average Bonchev–Trinajstić information content (AvgIpc) is 1.86. The van der Waals surface area contributed by atoms with E-state index in [1.54, 1.807) is 0 Å². The molecule has 72 valence electrons. The molecular formula is C10H21BiO.